The second kappa shape index (κ2) is 9.37. The van der Waals surface area contributed by atoms with Gasteiger partial charge in [0.2, 0.25) is 0 Å². The number of rotatable bonds is 4. The summed E-state index contributed by atoms with van der Waals surface area (Å²) >= 11 is 0. The lowest BCUT2D eigenvalue weighted by Gasteiger charge is -2.32. The molecule has 182 valence electrons. The topological polar surface area (TPSA) is 35.5 Å². The Balaban J connectivity index is 1.85. The number of carbonyl (C=O) groups excluding carboxylic acids is 1. The minimum absolute atomic E-state index is 0.104. The molecule has 0 heterocycles. The average molecular weight is 469 g/mol. The van der Waals surface area contributed by atoms with Gasteiger partial charge in [-0.15, -0.1) is 0 Å². The molecule has 0 amide bonds. The fraction of sp³-hybridized carbons (Fsp3) is 0.344. The van der Waals surface area contributed by atoms with E-state index in [0.717, 1.165) is 33.6 Å². The van der Waals surface area contributed by atoms with Crippen molar-refractivity contribution in [3.05, 3.63) is 101 Å². The molecular formula is C32H36O3. The Labute approximate surface area is 209 Å². The number of carbonyl (C=O) groups is 1. The van der Waals surface area contributed by atoms with E-state index in [1.807, 2.05) is 48.5 Å². The summed E-state index contributed by atoms with van der Waals surface area (Å²) in [5.41, 5.74) is 4.60. The Hall–Kier alpha value is -3.33. The van der Waals surface area contributed by atoms with Crippen LogP contribution in [-0.4, -0.2) is 13.1 Å². The SMILES string of the molecule is COc1cc(C(C)(C)C)c(OC(=O)[C@@H]2c3ccccc3C=C[C@@H]2c2ccccc2)c(C(C)(C)C)c1. The Kier molecular flexibility index (Phi) is 6.64. The molecule has 2 atom stereocenters. The van der Waals surface area contributed by atoms with Crippen LogP contribution in [0.4, 0.5) is 0 Å². The molecular weight excluding hydrogens is 432 g/mol. The van der Waals surface area contributed by atoms with Crippen LogP contribution in [0, 0.1) is 0 Å². The Morgan fingerprint density at radius 2 is 1.37 bits per heavy atom. The molecule has 4 rings (SSSR count). The minimum atomic E-state index is -0.443. The third-order valence-corrected chi connectivity index (χ3v) is 6.73. The predicted molar refractivity (Wildman–Crippen MR) is 143 cm³/mol. The third kappa shape index (κ3) is 5.05. The molecule has 0 saturated heterocycles. The van der Waals surface area contributed by atoms with Gasteiger partial charge in [0.25, 0.3) is 0 Å². The largest absolute Gasteiger partial charge is 0.497 e. The van der Waals surface area contributed by atoms with E-state index < -0.39 is 5.92 Å². The van der Waals surface area contributed by atoms with Crippen molar-refractivity contribution in [3.8, 4) is 11.5 Å². The standard InChI is InChI=1S/C32H36O3/c1-31(2,3)26-19-23(34-7)20-27(32(4,5)6)29(26)35-30(33)28-24-16-12-11-15-22(24)17-18-25(28)21-13-9-8-10-14-21/h8-20,25,28H,1-7H3/t25-,28-/m1/s1. The maximum absolute atomic E-state index is 14.1. The number of allylic oxidation sites excluding steroid dienone is 1. The van der Waals surface area contributed by atoms with Crippen molar-refractivity contribution in [2.24, 2.45) is 0 Å². The third-order valence-electron chi connectivity index (χ3n) is 6.73. The molecule has 0 N–H and O–H groups in total. The highest BCUT2D eigenvalue weighted by Gasteiger charge is 2.37. The van der Waals surface area contributed by atoms with Crippen LogP contribution in [0.1, 0.15) is 81.2 Å². The van der Waals surface area contributed by atoms with Crippen molar-refractivity contribution in [1.29, 1.82) is 0 Å². The molecule has 0 aliphatic heterocycles. The first kappa shape index (κ1) is 24.8. The monoisotopic (exact) mass is 468 g/mol. The Morgan fingerprint density at radius 3 is 1.94 bits per heavy atom. The van der Waals surface area contributed by atoms with Crippen LogP contribution in [0.25, 0.3) is 6.08 Å². The van der Waals surface area contributed by atoms with Gasteiger partial charge in [0, 0.05) is 17.0 Å². The van der Waals surface area contributed by atoms with Gasteiger partial charge in [-0.05, 0) is 39.7 Å². The van der Waals surface area contributed by atoms with Crippen LogP contribution in [0.15, 0.2) is 72.8 Å². The number of benzene rings is 3. The van der Waals surface area contributed by atoms with Crippen molar-refractivity contribution >= 4 is 12.0 Å². The van der Waals surface area contributed by atoms with Crippen molar-refractivity contribution in [2.75, 3.05) is 7.11 Å². The first-order valence-electron chi connectivity index (χ1n) is 12.3. The van der Waals surface area contributed by atoms with Gasteiger partial charge < -0.3 is 9.47 Å². The van der Waals surface area contributed by atoms with Crippen LogP contribution >= 0.6 is 0 Å². The van der Waals surface area contributed by atoms with E-state index in [0.29, 0.717) is 5.75 Å². The molecule has 35 heavy (non-hydrogen) atoms. The second-order valence-corrected chi connectivity index (χ2v) is 11.4. The summed E-state index contributed by atoms with van der Waals surface area (Å²) < 4.78 is 12.1. The predicted octanol–water partition coefficient (Wildman–Crippen LogP) is 7.79. The minimum Gasteiger partial charge on any atom is -0.497 e. The summed E-state index contributed by atoms with van der Waals surface area (Å²) in [6.07, 6.45) is 4.25. The lowest BCUT2D eigenvalue weighted by atomic mass is 9.75. The number of esters is 1. The van der Waals surface area contributed by atoms with Gasteiger partial charge in [-0.1, -0.05) is 108 Å². The van der Waals surface area contributed by atoms with Crippen molar-refractivity contribution in [3.63, 3.8) is 0 Å². The second-order valence-electron chi connectivity index (χ2n) is 11.4. The van der Waals surface area contributed by atoms with Crippen LogP contribution < -0.4 is 9.47 Å². The lowest BCUT2D eigenvalue weighted by Crippen LogP contribution is -2.29. The van der Waals surface area contributed by atoms with E-state index in [4.69, 9.17) is 9.47 Å². The molecule has 0 radical (unpaired) electrons. The number of fused-ring (bicyclic) bond motifs is 1. The number of methoxy groups -OCH3 is 1. The highest BCUT2D eigenvalue weighted by molar-refractivity contribution is 5.86. The molecule has 0 bridgehead atoms. The molecule has 0 unspecified atom stereocenters. The van der Waals surface area contributed by atoms with Crippen molar-refractivity contribution in [2.45, 2.75) is 64.2 Å². The quantitative estimate of drug-likeness (QED) is 0.290. The van der Waals surface area contributed by atoms with Crippen LogP contribution in [0.2, 0.25) is 0 Å². The summed E-state index contributed by atoms with van der Waals surface area (Å²) in [5, 5.41) is 0. The van der Waals surface area contributed by atoms with E-state index in [2.05, 4.69) is 71.9 Å². The fourth-order valence-corrected chi connectivity index (χ4v) is 4.82. The first-order valence-corrected chi connectivity index (χ1v) is 12.3. The molecule has 1 aliphatic rings. The Bertz CT molecular complexity index is 1200. The van der Waals surface area contributed by atoms with Gasteiger partial charge in [0.1, 0.15) is 11.5 Å². The summed E-state index contributed by atoms with van der Waals surface area (Å²) in [7, 11) is 1.68. The molecule has 3 aromatic rings. The number of hydrogen-bond acceptors (Lipinski definition) is 3. The molecule has 0 saturated carbocycles. The Morgan fingerprint density at radius 1 is 0.800 bits per heavy atom. The van der Waals surface area contributed by atoms with E-state index >= 15 is 0 Å². The van der Waals surface area contributed by atoms with E-state index in [-0.39, 0.29) is 22.7 Å². The maximum atomic E-state index is 14.1. The van der Waals surface area contributed by atoms with Gasteiger partial charge in [-0.2, -0.15) is 0 Å². The summed E-state index contributed by atoms with van der Waals surface area (Å²) in [6.45, 7) is 12.8. The molecule has 3 heteroatoms. The summed E-state index contributed by atoms with van der Waals surface area (Å²) in [6, 6.07) is 22.3. The maximum Gasteiger partial charge on any atom is 0.319 e. The van der Waals surface area contributed by atoms with E-state index in [1.165, 1.54) is 0 Å². The molecule has 1 aliphatic carbocycles. The highest BCUT2D eigenvalue weighted by Crippen LogP contribution is 2.45. The number of hydrogen-bond donors (Lipinski definition) is 0. The van der Waals surface area contributed by atoms with Crippen LogP contribution in [0.5, 0.6) is 11.5 Å². The van der Waals surface area contributed by atoms with Gasteiger partial charge in [-0.25, -0.2) is 0 Å². The van der Waals surface area contributed by atoms with Gasteiger partial charge in [-0.3, -0.25) is 4.79 Å². The zero-order chi connectivity index (χ0) is 25.4. The van der Waals surface area contributed by atoms with Crippen LogP contribution in [-0.2, 0) is 15.6 Å². The zero-order valence-corrected chi connectivity index (χ0v) is 21.9. The first-order chi connectivity index (χ1) is 16.5. The van der Waals surface area contributed by atoms with Gasteiger partial charge in [0.05, 0.1) is 13.0 Å². The molecule has 3 nitrogen and oxygen atoms in total. The number of ether oxygens (including phenoxy) is 2. The zero-order valence-electron chi connectivity index (χ0n) is 21.9. The molecule has 3 aromatic carbocycles. The summed E-state index contributed by atoms with van der Waals surface area (Å²) in [5.74, 6) is 0.633. The molecule has 0 fully saturated rings. The lowest BCUT2D eigenvalue weighted by molar-refractivity contribution is -0.136. The van der Waals surface area contributed by atoms with Gasteiger partial charge >= 0.3 is 5.97 Å². The normalized spacial score (nSPS) is 17.6. The van der Waals surface area contributed by atoms with Crippen LogP contribution in [0.3, 0.4) is 0 Å². The van der Waals surface area contributed by atoms with Crippen molar-refractivity contribution in [1.82, 2.24) is 0 Å². The molecule has 0 aromatic heterocycles. The van der Waals surface area contributed by atoms with E-state index in [1.54, 1.807) is 7.11 Å². The smallest absolute Gasteiger partial charge is 0.319 e. The molecule has 0 spiro atoms. The highest BCUT2D eigenvalue weighted by atomic mass is 16.5. The van der Waals surface area contributed by atoms with Crippen molar-refractivity contribution < 1.29 is 14.3 Å². The average Bonchev–Trinajstić information content (AvgIpc) is 2.82. The fourth-order valence-electron chi connectivity index (χ4n) is 4.82. The van der Waals surface area contributed by atoms with Gasteiger partial charge in [0.15, 0.2) is 0 Å². The van der Waals surface area contributed by atoms with E-state index in [9.17, 15) is 4.79 Å². The summed E-state index contributed by atoms with van der Waals surface area (Å²) in [4.78, 5) is 14.1.